The number of amides is 2. The Morgan fingerprint density at radius 1 is 1.00 bits per heavy atom. The van der Waals surface area contributed by atoms with Crippen LogP contribution in [0.25, 0.3) is 0 Å². The molecular weight excluding hydrogens is 326 g/mol. The number of anilines is 2. The Kier molecular flexibility index (Phi) is 5.56. The van der Waals surface area contributed by atoms with Gasteiger partial charge >= 0.3 is 11.8 Å². The molecule has 3 rings (SSSR count). The van der Waals surface area contributed by atoms with Crippen molar-refractivity contribution in [2.24, 2.45) is 0 Å². The zero-order valence-electron chi connectivity index (χ0n) is 15.4. The summed E-state index contributed by atoms with van der Waals surface area (Å²) < 4.78 is 0. The van der Waals surface area contributed by atoms with Gasteiger partial charge < -0.3 is 15.1 Å². The summed E-state index contributed by atoms with van der Waals surface area (Å²) in [7, 11) is 0. The van der Waals surface area contributed by atoms with Crippen LogP contribution in [0.3, 0.4) is 0 Å². The van der Waals surface area contributed by atoms with Crippen molar-refractivity contribution in [1.29, 1.82) is 0 Å². The molecule has 5 nitrogen and oxygen atoms in total. The van der Waals surface area contributed by atoms with Crippen LogP contribution in [0.5, 0.6) is 0 Å². The van der Waals surface area contributed by atoms with Crippen LogP contribution in [-0.4, -0.2) is 42.9 Å². The fraction of sp³-hybridized carbons (Fsp3) is 0.333. The minimum absolute atomic E-state index is 0.464. The lowest BCUT2D eigenvalue weighted by molar-refractivity contribution is -0.143. The highest BCUT2D eigenvalue weighted by atomic mass is 16.2. The molecule has 0 radical (unpaired) electrons. The van der Waals surface area contributed by atoms with Crippen molar-refractivity contribution in [3.8, 4) is 0 Å². The SMILES string of the molecule is CCc1ccc(NC(=O)C(=O)N2CCN(c3cccc(C)c3)CC2)cc1. The molecule has 2 aromatic carbocycles. The first-order chi connectivity index (χ1) is 12.6. The summed E-state index contributed by atoms with van der Waals surface area (Å²) in [6.45, 7) is 6.71. The zero-order chi connectivity index (χ0) is 18.5. The number of hydrogen-bond donors (Lipinski definition) is 1. The molecule has 1 heterocycles. The molecule has 0 spiro atoms. The maximum atomic E-state index is 12.4. The monoisotopic (exact) mass is 351 g/mol. The van der Waals surface area contributed by atoms with E-state index in [9.17, 15) is 9.59 Å². The van der Waals surface area contributed by atoms with Crippen molar-refractivity contribution in [2.75, 3.05) is 36.4 Å². The zero-order valence-corrected chi connectivity index (χ0v) is 15.4. The van der Waals surface area contributed by atoms with E-state index in [1.165, 1.54) is 11.1 Å². The first-order valence-electron chi connectivity index (χ1n) is 9.07. The molecule has 1 aliphatic rings. The minimum Gasteiger partial charge on any atom is -0.368 e. The number of aryl methyl sites for hydroxylation is 2. The van der Waals surface area contributed by atoms with Crippen LogP contribution >= 0.6 is 0 Å². The van der Waals surface area contributed by atoms with Crippen LogP contribution in [0.2, 0.25) is 0 Å². The van der Waals surface area contributed by atoms with Gasteiger partial charge in [-0.25, -0.2) is 0 Å². The average molecular weight is 351 g/mol. The summed E-state index contributed by atoms with van der Waals surface area (Å²) in [6, 6.07) is 15.9. The number of carbonyl (C=O) groups excluding carboxylic acids is 2. The van der Waals surface area contributed by atoms with Gasteiger partial charge in [-0.05, 0) is 48.7 Å². The van der Waals surface area contributed by atoms with E-state index < -0.39 is 11.8 Å². The van der Waals surface area contributed by atoms with Crippen LogP contribution in [-0.2, 0) is 16.0 Å². The van der Waals surface area contributed by atoms with Gasteiger partial charge in [0.2, 0.25) is 0 Å². The van der Waals surface area contributed by atoms with Crippen LogP contribution in [0.15, 0.2) is 48.5 Å². The molecule has 5 heteroatoms. The smallest absolute Gasteiger partial charge is 0.313 e. The summed E-state index contributed by atoms with van der Waals surface area (Å²) in [5.41, 5.74) is 4.23. The van der Waals surface area contributed by atoms with E-state index in [0.29, 0.717) is 18.8 Å². The number of hydrogen-bond acceptors (Lipinski definition) is 3. The molecule has 1 aliphatic heterocycles. The first-order valence-corrected chi connectivity index (χ1v) is 9.07. The minimum atomic E-state index is -0.571. The summed E-state index contributed by atoms with van der Waals surface area (Å²) in [4.78, 5) is 28.5. The number of carbonyl (C=O) groups is 2. The van der Waals surface area contributed by atoms with Crippen molar-refractivity contribution in [3.05, 3.63) is 59.7 Å². The highest BCUT2D eigenvalue weighted by Crippen LogP contribution is 2.18. The molecule has 136 valence electrons. The lowest BCUT2D eigenvalue weighted by Crippen LogP contribution is -2.51. The largest absolute Gasteiger partial charge is 0.368 e. The van der Waals surface area contributed by atoms with Gasteiger partial charge in [0, 0.05) is 37.6 Å². The molecule has 0 aromatic heterocycles. The molecule has 0 atom stereocenters. The van der Waals surface area contributed by atoms with Crippen LogP contribution in [0, 0.1) is 6.92 Å². The van der Waals surface area contributed by atoms with E-state index in [2.05, 4.69) is 42.3 Å². The van der Waals surface area contributed by atoms with Gasteiger partial charge in [0.05, 0.1) is 0 Å². The second kappa shape index (κ2) is 8.04. The third kappa shape index (κ3) is 4.23. The quantitative estimate of drug-likeness (QED) is 0.865. The van der Waals surface area contributed by atoms with Crippen LogP contribution < -0.4 is 10.2 Å². The van der Waals surface area contributed by atoms with E-state index >= 15 is 0 Å². The lowest BCUT2D eigenvalue weighted by atomic mass is 10.1. The van der Waals surface area contributed by atoms with Crippen molar-refractivity contribution in [2.45, 2.75) is 20.3 Å². The van der Waals surface area contributed by atoms with E-state index in [4.69, 9.17) is 0 Å². The predicted molar refractivity (Wildman–Crippen MR) is 104 cm³/mol. The highest BCUT2D eigenvalue weighted by molar-refractivity contribution is 6.39. The van der Waals surface area contributed by atoms with Gasteiger partial charge in [0.15, 0.2) is 0 Å². The molecule has 1 fully saturated rings. The number of nitrogens with zero attached hydrogens (tertiary/aromatic N) is 2. The summed E-state index contributed by atoms with van der Waals surface area (Å²) in [5, 5.41) is 2.70. The maximum absolute atomic E-state index is 12.4. The standard InChI is InChI=1S/C21H25N3O2/c1-3-17-7-9-18(10-8-17)22-20(25)21(26)24-13-11-23(12-14-24)19-6-4-5-16(2)15-19/h4-10,15H,3,11-14H2,1-2H3,(H,22,25). The topological polar surface area (TPSA) is 52.7 Å². The van der Waals surface area contributed by atoms with Crippen molar-refractivity contribution in [1.82, 2.24) is 4.90 Å². The van der Waals surface area contributed by atoms with Crippen LogP contribution in [0.1, 0.15) is 18.1 Å². The van der Waals surface area contributed by atoms with Crippen molar-refractivity contribution in [3.63, 3.8) is 0 Å². The molecule has 26 heavy (non-hydrogen) atoms. The normalized spacial score (nSPS) is 14.2. The predicted octanol–water partition coefficient (Wildman–Crippen LogP) is 2.84. The van der Waals surface area contributed by atoms with Gasteiger partial charge in [-0.15, -0.1) is 0 Å². The molecule has 2 aromatic rings. The molecule has 2 amide bonds. The number of benzene rings is 2. The van der Waals surface area contributed by atoms with Gasteiger partial charge in [-0.2, -0.15) is 0 Å². The van der Waals surface area contributed by atoms with Crippen LogP contribution in [0.4, 0.5) is 11.4 Å². The molecule has 1 N–H and O–H groups in total. The molecule has 0 bridgehead atoms. The number of nitrogens with one attached hydrogen (secondary N) is 1. The third-order valence-electron chi connectivity index (χ3n) is 4.75. The Labute approximate surface area is 154 Å². The van der Waals surface area contributed by atoms with Gasteiger partial charge in [0.1, 0.15) is 0 Å². The number of rotatable bonds is 3. The Morgan fingerprint density at radius 2 is 1.69 bits per heavy atom. The molecule has 1 saturated heterocycles. The Balaban J connectivity index is 1.54. The fourth-order valence-corrected chi connectivity index (χ4v) is 3.14. The lowest BCUT2D eigenvalue weighted by Gasteiger charge is -2.35. The molecule has 0 saturated carbocycles. The average Bonchev–Trinajstić information content (AvgIpc) is 2.68. The summed E-state index contributed by atoms with van der Waals surface area (Å²) in [6.07, 6.45) is 0.943. The highest BCUT2D eigenvalue weighted by Gasteiger charge is 2.26. The summed E-state index contributed by atoms with van der Waals surface area (Å²) >= 11 is 0. The third-order valence-corrected chi connectivity index (χ3v) is 4.75. The molecule has 0 unspecified atom stereocenters. The van der Waals surface area contributed by atoms with E-state index in [-0.39, 0.29) is 0 Å². The Bertz CT molecular complexity index is 778. The number of piperazine rings is 1. The van der Waals surface area contributed by atoms with Gasteiger partial charge in [0.25, 0.3) is 0 Å². The first kappa shape index (κ1) is 18.0. The fourth-order valence-electron chi connectivity index (χ4n) is 3.14. The van der Waals surface area contributed by atoms with E-state index in [0.717, 1.165) is 25.2 Å². The second-order valence-corrected chi connectivity index (χ2v) is 6.62. The van der Waals surface area contributed by atoms with Gasteiger partial charge in [-0.1, -0.05) is 31.2 Å². The van der Waals surface area contributed by atoms with Crippen molar-refractivity contribution >= 4 is 23.2 Å². The second-order valence-electron chi connectivity index (χ2n) is 6.62. The van der Waals surface area contributed by atoms with Gasteiger partial charge in [-0.3, -0.25) is 9.59 Å². The Morgan fingerprint density at radius 3 is 2.31 bits per heavy atom. The summed E-state index contributed by atoms with van der Waals surface area (Å²) in [5.74, 6) is -1.04. The molecular formula is C21H25N3O2. The maximum Gasteiger partial charge on any atom is 0.313 e. The Hall–Kier alpha value is -2.82. The van der Waals surface area contributed by atoms with Crippen molar-refractivity contribution < 1.29 is 9.59 Å². The van der Waals surface area contributed by atoms with E-state index in [1.807, 2.05) is 30.3 Å². The molecule has 0 aliphatic carbocycles. The van der Waals surface area contributed by atoms with E-state index in [1.54, 1.807) is 4.90 Å².